The largest absolute Gasteiger partial charge is 0.409 e. The molecule has 2 aromatic rings. The highest BCUT2D eigenvalue weighted by Gasteiger charge is 2.51. The van der Waals surface area contributed by atoms with Crippen LogP contribution in [-0.2, 0) is 4.79 Å². The zero-order valence-corrected chi connectivity index (χ0v) is 13.1. The monoisotopic (exact) mass is 340 g/mol. The number of hydrogen-bond donors (Lipinski definition) is 1. The fourth-order valence-electron chi connectivity index (χ4n) is 3.01. The number of nitrogens with one attached hydrogen (secondary N) is 1. The number of rotatable bonds is 2. The first kappa shape index (κ1) is 16.7. The average Bonchev–Trinajstić information content (AvgIpc) is 2.70. The summed E-state index contributed by atoms with van der Waals surface area (Å²) in [6.07, 6.45) is -4.60. The Morgan fingerprint density at radius 1 is 1.21 bits per heavy atom. The SMILES string of the molecule is CC1(C)CN([C@@H](c2cccc3cc(F)ccc23)C(F)(F)F)NC1=O. The highest BCUT2D eigenvalue weighted by Crippen LogP contribution is 2.42. The summed E-state index contributed by atoms with van der Waals surface area (Å²) in [5.41, 5.74) is 1.39. The molecule has 1 N–H and O–H groups in total. The number of amides is 1. The van der Waals surface area contributed by atoms with Gasteiger partial charge in [-0.15, -0.1) is 0 Å². The van der Waals surface area contributed by atoms with Gasteiger partial charge in [0.2, 0.25) is 5.91 Å². The van der Waals surface area contributed by atoms with Crippen molar-refractivity contribution in [3.05, 3.63) is 47.8 Å². The lowest BCUT2D eigenvalue weighted by Crippen LogP contribution is -2.43. The second-order valence-corrected chi connectivity index (χ2v) is 6.61. The van der Waals surface area contributed by atoms with Gasteiger partial charge in [0.15, 0.2) is 6.04 Å². The van der Waals surface area contributed by atoms with Crippen LogP contribution in [0.2, 0.25) is 0 Å². The summed E-state index contributed by atoms with van der Waals surface area (Å²) in [5, 5.41) is 1.60. The molecule has 1 aliphatic heterocycles. The number of benzene rings is 2. The summed E-state index contributed by atoms with van der Waals surface area (Å²) in [4.78, 5) is 11.9. The molecule has 1 saturated heterocycles. The molecule has 2 aromatic carbocycles. The molecule has 1 fully saturated rings. The number of hydrazine groups is 1. The highest BCUT2D eigenvalue weighted by atomic mass is 19.4. The van der Waals surface area contributed by atoms with E-state index in [0.717, 1.165) is 11.1 Å². The van der Waals surface area contributed by atoms with Crippen LogP contribution in [0.1, 0.15) is 25.5 Å². The van der Waals surface area contributed by atoms with Crippen LogP contribution >= 0.6 is 0 Å². The predicted molar refractivity (Wildman–Crippen MR) is 81.3 cm³/mol. The molecule has 1 aliphatic rings. The van der Waals surface area contributed by atoms with Crippen molar-refractivity contribution in [1.82, 2.24) is 10.4 Å². The van der Waals surface area contributed by atoms with E-state index in [2.05, 4.69) is 5.43 Å². The van der Waals surface area contributed by atoms with E-state index < -0.39 is 29.4 Å². The number of nitrogens with zero attached hydrogens (tertiary/aromatic N) is 1. The standard InChI is InChI=1S/C17H16F4N2O/c1-16(2)9-23(22-15(16)24)14(17(19,20)21)13-5-3-4-10-8-11(18)6-7-12(10)13/h3-8,14H,9H2,1-2H3,(H,22,24)/t14-/m0/s1. The van der Waals surface area contributed by atoms with Crippen LogP contribution in [0.25, 0.3) is 10.8 Å². The zero-order valence-electron chi connectivity index (χ0n) is 13.1. The second kappa shape index (κ2) is 5.44. The van der Waals surface area contributed by atoms with Crippen molar-refractivity contribution in [2.75, 3.05) is 6.54 Å². The third-order valence-electron chi connectivity index (χ3n) is 4.22. The fraction of sp³-hybridized carbons (Fsp3) is 0.353. The molecular formula is C17H16F4N2O. The summed E-state index contributed by atoms with van der Waals surface area (Å²) in [6.45, 7) is 3.11. The van der Waals surface area contributed by atoms with Gasteiger partial charge in [-0.3, -0.25) is 10.2 Å². The van der Waals surface area contributed by atoms with Gasteiger partial charge in [-0.25, -0.2) is 9.40 Å². The number of halogens is 4. The van der Waals surface area contributed by atoms with Crippen LogP contribution in [0.4, 0.5) is 17.6 Å². The Morgan fingerprint density at radius 3 is 2.50 bits per heavy atom. The molecule has 0 aromatic heterocycles. The van der Waals surface area contributed by atoms with Crippen molar-refractivity contribution >= 4 is 16.7 Å². The van der Waals surface area contributed by atoms with Crippen LogP contribution in [0.3, 0.4) is 0 Å². The van der Waals surface area contributed by atoms with Gasteiger partial charge >= 0.3 is 6.18 Å². The lowest BCUT2D eigenvalue weighted by atomic mass is 9.93. The van der Waals surface area contributed by atoms with E-state index in [4.69, 9.17) is 0 Å². The van der Waals surface area contributed by atoms with Crippen LogP contribution in [0.15, 0.2) is 36.4 Å². The van der Waals surface area contributed by atoms with E-state index in [1.165, 1.54) is 24.3 Å². The van der Waals surface area contributed by atoms with Gasteiger partial charge in [0.1, 0.15) is 5.82 Å². The first-order valence-electron chi connectivity index (χ1n) is 7.42. The normalized spacial score (nSPS) is 19.5. The van der Waals surface area contributed by atoms with Gasteiger partial charge in [-0.1, -0.05) is 24.3 Å². The molecule has 7 heteroatoms. The minimum atomic E-state index is -4.60. The Balaban J connectivity index is 2.13. The number of hydrogen-bond acceptors (Lipinski definition) is 2. The van der Waals surface area contributed by atoms with Gasteiger partial charge in [-0.05, 0) is 42.3 Å². The minimum Gasteiger partial charge on any atom is -0.287 e. The highest BCUT2D eigenvalue weighted by molar-refractivity contribution is 5.87. The molecule has 0 bridgehead atoms. The van der Waals surface area contributed by atoms with E-state index in [0.29, 0.717) is 10.8 Å². The van der Waals surface area contributed by atoms with Gasteiger partial charge in [0.25, 0.3) is 0 Å². The van der Waals surface area contributed by atoms with Crippen LogP contribution in [0.5, 0.6) is 0 Å². The maximum Gasteiger partial charge on any atom is 0.409 e. The average molecular weight is 340 g/mol. The maximum absolute atomic E-state index is 13.8. The van der Waals surface area contributed by atoms with Crippen molar-refractivity contribution in [3.8, 4) is 0 Å². The number of fused-ring (bicyclic) bond motifs is 1. The van der Waals surface area contributed by atoms with Crippen LogP contribution in [-0.4, -0.2) is 23.6 Å². The van der Waals surface area contributed by atoms with Crippen LogP contribution < -0.4 is 5.43 Å². The molecule has 128 valence electrons. The summed E-state index contributed by atoms with van der Waals surface area (Å²) in [7, 11) is 0. The van der Waals surface area contributed by atoms with Gasteiger partial charge < -0.3 is 0 Å². The lowest BCUT2D eigenvalue weighted by Gasteiger charge is -2.30. The first-order valence-corrected chi connectivity index (χ1v) is 7.42. The molecule has 0 aliphatic carbocycles. The van der Waals surface area contributed by atoms with E-state index in [9.17, 15) is 22.4 Å². The van der Waals surface area contributed by atoms with Crippen molar-refractivity contribution in [3.63, 3.8) is 0 Å². The maximum atomic E-state index is 13.8. The lowest BCUT2D eigenvalue weighted by molar-refractivity contribution is -0.191. The summed E-state index contributed by atoms with van der Waals surface area (Å²) >= 11 is 0. The molecule has 3 nitrogen and oxygen atoms in total. The topological polar surface area (TPSA) is 32.3 Å². The van der Waals surface area contributed by atoms with E-state index in [1.807, 2.05) is 0 Å². The van der Waals surface area contributed by atoms with Crippen molar-refractivity contribution in [1.29, 1.82) is 0 Å². The van der Waals surface area contributed by atoms with E-state index in [-0.39, 0.29) is 12.1 Å². The van der Waals surface area contributed by atoms with Crippen LogP contribution in [0, 0.1) is 11.2 Å². The molecule has 1 amide bonds. The zero-order chi connectivity index (χ0) is 17.7. The molecule has 1 heterocycles. The Hall–Kier alpha value is -2.15. The van der Waals surface area contributed by atoms with Gasteiger partial charge in [0, 0.05) is 6.54 Å². The number of carbonyl (C=O) groups excluding carboxylic acids is 1. The quantitative estimate of drug-likeness (QED) is 0.840. The van der Waals surface area contributed by atoms with E-state index in [1.54, 1.807) is 19.9 Å². The molecule has 0 radical (unpaired) electrons. The first-order chi connectivity index (χ1) is 11.1. The molecular weight excluding hydrogens is 324 g/mol. The van der Waals surface area contributed by atoms with E-state index >= 15 is 0 Å². The molecule has 0 unspecified atom stereocenters. The molecule has 0 spiro atoms. The fourth-order valence-corrected chi connectivity index (χ4v) is 3.01. The summed E-state index contributed by atoms with van der Waals surface area (Å²) < 4.78 is 54.7. The van der Waals surface area contributed by atoms with Crippen molar-refractivity contribution < 1.29 is 22.4 Å². The number of carbonyl (C=O) groups is 1. The molecule has 1 atom stereocenters. The minimum absolute atomic E-state index is 0.0157. The Kier molecular flexibility index (Phi) is 3.79. The smallest absolute Gasteiger partial charge is 0.287 e. The second-order valence-electron chi connectivity index (χ2n) is 6.61. The Morgan fingerprint density at radius 2 is 1.92 bits per heavy atom. The Labute approximate surface area is 136 Å². The number of alkyl halides is 3. The van der Waals surface area contributed by atoms with Gasteiger partial charge in [-0.2, -0.15) is 13.2 Å². The predicted octanol–water partition coefficient (Wildman–Crippen LogP) is 3.96. The molecule has 0 saturated carbocycles. The summed E-state index contributed by atoms with van der Waals surface area (Å²) in [5.74, 6) is -0.971. The molecule has 24 heavy (non-hydrogen) atoms. The van der Waals surface area contributed by atoms with Crippen molar-refractivity contribution in [2.45, 2.75) is 26.1 Å². The third kappa shape index (κ3) is 2.84. The van der Waals surface area contributed by atoms with Crippen molar-refractivity contribution in [2.24, 2.45) is 5.41 Å². The molecule has 3 rings (SSSR count). The Bertz CT molecular complexity index is 801. The van der Waals surface area contributed by atoms with Gasteiger partial charge in [0.05, 0.1) is 5.41 Å². The third-order valence-corrected chi connectivity index (χ3v) is 4.22. The summed E-state index contributed by atoms with van der Waals surface area (Å²) in [6, 6.07) is 6.03.